The van der Waals surface area contributed by atoms with Crippen molar-refractivity contribution in [1.82, 2.24) is 5.32 Å². The highest BCUT2D eigenvalue weighted by Gasteiger charge is 1.90. The van der Waals surface area contributed by atoms with Crippen molar-refractivity contribution in [1.29, 1.82) is 0 Å². The van der Waals surface area contributed by atoms with Crippen molar-refractivity contribution < 1.29 is 4.74 Å². The standard InChI is InChI=1S/C7H16N2O/c1-7(3-4-8)10-6-5-9-2/h9H,1,3-6,8H2,2H3. The van der Waals surface area contributed by atoms with Crippen molar-refractivity contribution in [2.45, 2.75) is 6.42 Å². The van der Waals surface area contributed by atoms with E-state index in [-0.39, 0.29) is 0 Å². The van der Waals surface area contributed by atoms with E-state index in [1.165, 1.54) is 0 Å². The maximum Gasteiger partial charge on any atom is 0.100 e. The number of ether oxygens (including phenoxy) is 1. The van der Waals surface area contributed by atoms with E-state index in [9.17, 15) is 0 Å². The van der Waals surface area contributed by atoms with Crippen LogP contribution in [0.1, 0.15) is 6.42 Å². The Morgan fingerprint density at radius 2 is 2.40 bits per heavy atom. The number of likely N-dealkylation sites (N-methyl/N-ethyl adjacent to an activating group) is 1. The summed E-state index contributed by atoms with van der Waals surface area (Å²) >= 11 is 0. The van der Waals surface area contributed by atoms with Crippen LogP contribution in [0.4, 0.5) is 0 Å². The van der Waals surface area contributed by atoms with E-state index in [2.05, 4.69) is 11.9 Å². The summed E-state index contributed by atoms with van der Waals surface area (Å²) in [4.78, 5) is 0. The van der Waals surface area contributed by atoms with Gasteiger partial charge in [0, 0.05) is 13.0 Å². The fourth-order valence-corrected chi connectivity index (χ4v) is 0.531. The number of hydrogen-bond acceptors (Lipinski definition) is 3. The van der Waals surface area contributed by atoms with Crippen LogP contribution in [0.15, 0.2) is 12.3 Å². The van der Waals surface area contributed by atoms with Crippen molar-refractivity contribution in [3.05, 3.63) is 12.3 Å². The van der Waals surface area contributed by atoms with Crippen LogP contribution in [0.3, 0.4) is 0 Å². The second kappa shape index (κ2) is 6.58. The highest BCUT2D eigenvalue weighted by atomic mass is 16.5. The zero-order valence-electron chi connectivity index (χ0n) is 6.52. The third-order valence-electron chi connectivity index (χ3n) is 1.08. The number of rotatable bonds is 6. The van der Waals surface area contributed by atoms with Gasteiger partial charge >= 0.3 is 0 Å². The molecule has 3 nitrogen and oxygen atoms in total. The SMILES string of the molecule is C=C(CCN)OCCNC. The van der Waals surface area contributed by atoms with Crippen LogP contribution in [0.5, 0.6) is 0 Å². The molecule has 0 saturated carbocycles. The summed E-state index contributed by atoms with van der Waals surface area (Å²) in [5, 5.41) is 2.97. The average molecular weight is 144 g/mol. The first-order valence-electron chi connectivity index (χ1n) is 3.46. The van der Waals surface area contributed by atoms with Crippen LogP contribution in [-0.4, -0.2) is 26.7 Å². The van der Waals surface area contributed by atoms with E-state index >= 15 is 0 Å². The fraction of sp³-hybridized carbons (Fsp3) is 0.714. The Morgan fingerprint density at radius 1 is 1.70 bits per heavy atom. The van der Waals surface area contributed by atoms with Crippen LogP contribution in [-0.2, 0) is 4.74 Å². The Balaban J connectivity index is 3.05. The Kier molecular flexibility index (Phi) is 6.22. The van der Waals surface area contributed by atoms with Gasteiger partial charge in [-0.3, -0.25) is 0 Å². The average Bonchev–Trinajstić information content (AvgIpc) is 1.89. The molecule has 0 unspecified atom stereocenters. The van der Waals surface area contributed by atoms with E-state index in [4.69, 9.17) is 10.5 Å². The van der Waals surface area contributed by atoms with Crippen molar-refractivity contribution >= 4 is 0 Å². The molecule has 0 amide bonds. The molecule has 0 fully saturated rings. The normalized spacial score (nSPS) is 9.40. The summed E-state index contributed by atoms with van der Waals surface area (Å²) in [6, 6.07) is 0. The third kappa shape index (κ3) is 5.59. The molecule has 0 aliphatic rings. The topological polar surface area (TPSA) is 47.3 Å². The van der Waals surface area contributed by atoms with Crippen LogP contribution < -0.4 is 11.1 Å². The van der Waals surface area contributed by atoms with Gasteiger partial charge in [-0.15, -0.1) is 0 Å². The lowest BCUT2D eigenvalue weighted by Gasteiger charge is -2.06. The first kappa shape index (κ1) is 9.46. The molecule has 0 spiro atoms. The molecule has 0 saturated heterocycles. The molecule has 0 aliphatic carbocycles. The molecule has 0 aliphatic heterocycles. The summed E-state index contributed by atoms with van der Waals surface area (Å²) < 4.78 is 5.19. The van der Waals surface area contributed by atoms with Gasteiger partial charge in [0.05, 0.1) is 5.76 Å². The molecule has 0 radical (unpaired) electrons. The van der Waals surface area contributed by atoms with Gasteiger partial charge in [-0.05, 0) is 13.6 Å². The molecular weight excluding hydrogens is 128 g/mol. The van der Waals surface area contributed by atoms with E-state index in [0.717, 1.165) is 18.7 Å². The molecule has 0 atom stereocenters. The Hall–Kier alpha value is -0.540. The minimum Gasteiger partial charge on any atom is -0.497 e. The summed E-state index contributed by atoms with van der Waals surface area (Å²) in [5.41, 5.74) is 5.28. The molecular formula is C7H16N2O. The minimum absolute atomic E-state index is 0.610. The highest BCUT2D eigenvalue weighted by Crippen LogP contribution is 1.96. The van der Waals surface area contributed by atoms with E-state index in [0.29, 0.717) is 13.2 Å². The predicted molar refractivity (Wildman–Crippen MR) is 42.7 cm³/mol. The molecule has 10 heavy (non-hydrogen) atoms. The van der Waals surface area contributed by atoms with Crippen LogP contribution in [0.2, 0.25) is 0 Å². The lowest BCUT2D eigenvalue weighted by molar-refractivity contribution is 0.207. The van der Waals surface area contributed by atoms with Crippen molar-refractivity contribution in [3.8, 4) is 0 Å². The summed E-state index contributed by atoms with van der Waals surface area (Å²) in [5.74, 6) is 0.776. The van der Waals surface area contributed by atoms with Gasteiger partial charge in [0.2, 0.25) is 0 Å². The molecule has 60 valence electrons. The Bertz CT molecular complexity index is 93.6. The van der Waals surface area contributed by atoms with E-state index in [1.807, 2.05) is 7.05 Å². The first-order valence-corrected chi connectivity index (χ1v) is 3.46. The van der Waals surface area contributed by atoms with Gasteiger partial charge in [0.25, 0.3) is 0 Å². The van der Waals surface area contributed by atoms with Crippen molar-refractivity contribution in [3.63, 3.8) is 0 Å². The lowest BCUT2D eigenvalue weighted by atomic mass is 10.4. The maximum atomic E-state index is 5.28. The number of nitrogens with one attached hydrogen (secondary N) is 1. The first-order chi connectivity index (χ1) is 4.81. The van der Waals surface area contributed by atoms with Gasteiger partial charge in [-0.25, -0.2) is 0 Å². The van der Waals surface area contributed by atoms with Gasteiger partial charge in [-0.1, -0.05) is 6.58 Å². The van der Waals surface area contributed by atoms with E-state index in [1.54, 1.807) is 0 Å². The molecule has 0 heterocycles. The second-order valence-electron chi connectivity index (χ2n) is 2.03. The largest absolute Gasteiger partial charge is 0.497 e. The number of nitrogens with two attached hydrogens (primary N) is 1. The maximum absolute atomic E-state index is 5.28. The zero-order valence-corrected chi connectivity index (χ0v) is 6.52. The zero-order chi connectivity index (χ0) is 7.82. The summed E-state index contributed by atoms with van der Waals surface area (Å²) in [7, 11) is 1.88. The monoisotopic (exact) mass is 144 g/mol. The van der Waals surface area contributed by atoms with Crippen LogP contribution >= 0.6 is 0 Å². The van der Waals surface area contributed by atoms with Crippen LogP contribution in [0.25, 0.3) is 0 Å². The molecule has 3 heteroatoms. The summed E-state index contributed by atoms with van der Waals surface area (Å²) in [6.07, 6.45) is 0.754. The van der Waals surface area contributed by atoms with Crippen LogP contribution in [0, 0.1) is 0 Å². The molecule has 0 aromatic rings. The highest BCUT2D eigenvalue weighted by molar-refractivity contribution is 4.82. The van der Waals surface area contributed by atoms with E-state index < -0.39 is 0 Å². The van der Waals surface area contributed by atoms with Crippen molar-refractivity contribution in [2.24, 2.45) is 5.73 Å². The minimum atomic E-state index is 0.610. The lowest BCUT2D eigenvalue weighted by Crippen LogP contribution is -2.14. The Labute approximate surface area is 62.2 Å². The van der Waals surface area contributed by atoms with Gasteiger partial charge in [-0.2, -0.15) is 0 Å². The van der Waals surface area contributed by atoms with Gasteiger partial charge in [0.1, 0.15) is 6.61 Å². The predicted octanol–water partition coefficient (Wildman–Crippen LogP) is 0.0849. The smallest absolute Gasteiger partial charge is 0.100 e. The van der Waals surface area contributed by atoms with Gasteiger partial charge < -0.3 is 15.8 Å². The molecule has 0 aromatic heterocycles. The van der Waals surface area contributed by atoms with Crippen molar-refractivity contribution in [2.75, 3.05) is 26.7 Å². The molecule has 0 rings (SSSR count). The quantitative estimate of drug-likeness (QED) is 0.410. The number of hydrogen-bond donors (Lipinski definition) is 2. The Morgan fingerprint density at radius 3 is 2.90 bits per heavy atom. The molecule has 3 N–H and O–H groups in total. The third-order valence-corrected chi connectivity index (χ3v) is 1.08. The molecule has 0 bridgehead atoms. The summed E-state index contributed by atoms with van der Waals surface area (Å²) in [6.45, 7) is 5.82. The van der Waals surface area contributed by atoms with Gasteiger partial charge in [0.15, 0.2) is 0 Å². The second-order valence-corrected chi connectivity index (χ2v) is 2.03. The molecule has 0 aromatic carbocycles. The fourth-order valence-electron chi connectivity index (χ4n) is 0.531.